The summed E-state index contributed by atoms with van der Waals surface area (Å²) in [6.07, 6.45) is 0.930. The molecular weight excluding hydrogens is 194 g/mol. The van der Waals surface area contributed by atoms with E-state index in [1.165, 1.54) is 6.07 Å². The molecule has 1 heterocycles. The highest BCUT2D eigenvalue weighted by Gasteiger charge is 2.09. The van der Waals surface area contributed by atoms with E-state index in [2.05, 4.69) is 15.3 Å². The summed E-state index contributed by atoms with van der Waals surface area (Å²) in [5, 5.41) is 11.8. The highest BCUT2D eigenvalue weighted by Crippen LogP contribution is 2.07. The van der Waals surface area contributed by atoms with Crippen molar-refractivity contribution in [3.05, 3.63) is 17.5 Å². The van der Waals surface area contributed by atoms with Gasteiger partial charge in [-0.1, -0.05) is 6.92 Å². The number of aromatic nitrogens is 2. The molecule has 1 aromatic rings. The Morgan fingerprint density at radius 1 is 1.60 bits per heavy atom. The largest absolute Gasteiger partial charge is 0.477 e. The number of nitrogens with zero attached hydrogens (tertiary/aromatic N) is 2. The molecular formula is C10H15N3O2. The summed E-state index contributed by atoms with van der Waals surface area (Å²) in [6, 6.07) is 1.68. The molecule has 0 amide bonds. The van der Waals surface area contributed by atoms with E-state index in [4.69, 9.17) is 5.11 Å². The van der Waals surface area contributed by atoms with Gasteiger partial charge in [-0.05, 0) is 26.3 Å². The van der Waals surface area contributed by atoms with E-state index >= 15 is 0 Å². The maximum atomic E-state index is 10.7. The van der Waals surface area contributed by atoms with Crippen molar-refractivity contribution in [1.29, 1.82) is 0 Å². The third kappa shape index (κ3) is 3.19. The maximum absolute atomic E-state index is 10.7. The normalized spacial score (nSPS) is 12.2. The lowest BCUT2D eigenvalue weighted by molar-refractivity contribution is 0.0690. The first-order valence-corrected chi connectivity index (χ1v) is 4.88. The van der Waals surface area contributed by atoms with E-state index in [1.807, 2.05) is 13.8 Å². The number of carboxylic acid groups (broad SMARTS) is 1. The van der Waals surface area contributed by atoms with E-state index < -0.39 is 5.97 Å². The van der Waals surface area contributed by atoms with Crippen LogP contribution in [0.1, 0.15) is 36.5 Å². The molecule has 0 spiro atoms. The Bertz CT molecular complexity index is 366. The fraction of sp³-hybridized carbons (Fsp3) is 0.500. The van der Waals surface area contributed by atoms with Crippen LogP contribution in [0.5, 0.6) is 0 Å². The van der Waals surface area contributed by atoms with Gasteiger partial charge in [-0.15, -0.1) is 0 Å². The summed E-state index contributed by atoms with van der Waals surface area (Å²) in [5.41, 5.74) is 0.668. The van der Waals surface area contributed by atoms with Gasteiger partial charge in [0.1, 0.15) is 0 Å². The van der Waals surface area contributed by atoms with Crippen LogP contribution in [0.2, 0.25) is 0 Å². The molecule has 0 saturated heterocycles. The molecule has 0 bridgehead atoms. The van der Waals surface area contributed by atoms with E-state index in [0.29, 0.717) is 11.6 Å². The maximum Gasteiger partial charge on any atom is 0.354 e. The van der Waals surface area contributed by atoms with Gasteiger partial charge in [0, 0.05) is 11.7 Å². The van der Waals surface area contributed by atoms with Crippen LogP contribution in [0.4, 0.5) is 5.95 Å². The molecule has 1 aromatic heterocycles. The minimum absolute atomic E-state index is 0.0216. The molecule has 0 saturated carbocycles. The number of aromatic carboxylic acids is 1. The minimum Gasteiger partial charge on any atom is -0.477 e. The van der Waals surface area contributed by atoms with Crippen LogP contribution in [-0.2, 0) is 0 Å². The quantitative estimate of drug-likeness (QED) is 0.789. The fourth-order valence-corrected chi connectivity index (χ4v) is 1.07. The number of hydrogen-bond donors (Lipinski definition) is 2. The van der Waals surface area contributed by atoms with Crippen LogP contribution in [-0.4, -0.2) is 27.1 Å². The Hall–Kier alpha value is -1.65. The van der Waals surface area contributed by atoms with Crippen molar-refractivity contribution in [2.75, 3.05) is 5.32 Å². The van der Waals surface area contributed by atoms with Crippen molar-refractivity contribution >= 4 is 11.9 Å². The van der Waals surface area contributed by atoms with Crippen molar-refractivity contribution in [1.82, 2.24) is 9.97 Å². The molecule has 5 nitrogen and oxygen atoms in total. The lowest BCUT2D eigenvalue weighted by atomic mass is 10.3. The summed E-state index contributed by atoms with van der Waals surface area (Å²) < 4.78 is 0. The second-order valence-corrected chi connectivity index (χ2v) is 3.48. The molecule has 5 heteroatoms. The van der Waals surface area contributed by atoms with Crippen LogP contribution in [0.25, 0.3) is 0 Å². The van der Waals surface area contributed by atoms with Crippen LogP contribution in [0.3, 0.4) is 0 Å². The average Bonchev–Trinajstić information content (AvgIpc) is 2.16. The second kappa shape index (κ2) is 4.72. The van der Waals surface area contributed by atoms with Gasteiger partial charge in [0.05, 0.1) is 0 Å². The molecule has 1 rings (SSSR count). The first kappa shape index (κ1) is 11.4. The predicted molar refractivity (Wildman–Crippen MR) is 57.1 cm³/mol. The Morgan fingerprint density at radius 2 is 2.27 bits per heavy atom. The van der Waals surface area contributed by atoms with E-state index in [-0.39, 0.29) is 11.7 Å². The third-order valence-corrected chi connectivity index (χ3v) is 2.06. The molecule has 1 atom stereocenters. The Morgan fingerprint density at radius 3 is 2.80 bits per heavy atom. The number of anilines is 1. The molecule has 1 unspecified atom stereocenters. The third-order valence-electron chi connectivity index (χ3n) is 2.06. The second-order valence-electron chi connectivity index (χ2n) is 3.48. The summed E-state index contributed by atoms with van der Waals surface area (Å²) in [7, 11) is 0. The zero-order valence-electron chi connectivity index (χ0n) is 9.11. The molecule has 15 heavy (non-hydrogen) atoms. The molecule has 0 aromatic carbocycles. The Labute approximate surface area is 88.6 Å². The van der Waals surface area contributed by atoms with Crippen molar-refractivity contribution in [2.45, 2.75) is 33.2 Å². The Balaban J connectivity index is 2.93. The lowest BCUT2D eigenvalue weighted by Crippen LogP contribution is -2.17. The summed E-state index contributed by atoms with van der Waals surface area (Å²) in [5.74, 6) is -0.658. The number of nitrogens with one attached hydrogen (secondary N) is 1. The highest BCUT2D eigenvalue weighted by atomic mass is 16.4. The van der Waals surface area contributed by atoms with Gasteiger partial charge in [-0.25, -0.2) is 14.8 Å². The van der Waals surface area contributed by atoms with Crippen LogP contribution < -0.4 is 5.32 Å². The van der Waals surface area contributed by atoms with Crippen molar-refractivity contribution < 1.29 is 9.90 Å². The van der Waals surface area contributed by atoms with Crippen molar-refractivity contribution in [3.63, 3.8) is 0 Å². The van der Waals surface area contributed by atoms with Gasteiger partial charge in [0.25, 0.3) is 0 Å². The van der Waals surface area contributed by atoms with Crippen molar-refractivity contribution in [3.8, 4) is 0 Å². The number of rotatable bonds is 4. The highest BCUT2D eigenvalue weighted by molar-refractivity contribution is 5.85. The summed E-state index contributed by atoms with van der Waals surface area (Å²) in [6.45, 7) is 5.77. The van der Waals surface area contributed by atoms with Gasteiger partial charge < -0.3 is 10.4 Å². The molecule has 0 fully saturated rings. The monoisotopic (exact) mass is 209 g/mol. The smallest absolute Gasteiger partial charge is 0.354 e. The van der Waals surface area contributed by atoms with E-state index in [9.17, 15) is 4.79 Å². The molecule has 0 aliphatic rings. The average molecular weight is 209 g/mol. The minimum atomic E-state index is -1.03. The first-order valence-electron chi connectivity index (χ1n) is 4.88. The molecule has 0 aliphatic heterocycles. The van der Waals surface area contributed by atoms with Gasteiger partial charge >= 0.3 is 5.97 Å². The lowest BCUT2D eigenvalue weighted by Gasteiger charge is -2.11. The van der Waals surface area contributed by atoms with Gasteiger partial charge in [-0.3, -0.25) is 0 Å². The number of carbonyl (C=O) groups is 1. The SMILES string of the molecule is CCC(C)Nc1nc(C)cc(C(=O)O)n1. The molecule has 82 valence electrons. The number of carboxylic acids is 1. The predicted octanol–water partition coefficient (Wildman–Crippen LogP) is 1.69. The Kier molecular flexibility index (Phi) is 3.60. The van der Waals surface area contributed by atoms with Gasteiger partial charge in [0.15, 0.2) is 5.69 Å². The van der Waals surface area contributed by atoms with Gasteiger partial charge in [-0.2, -0.15) is 0 Å². The molecule has 2 N–H and O–H groups in total. The molecule has 0 radical (unpaired) electrons. The first-order chi connectivity index (χ1) is 7.02. The van der Waals surface area contributed by atoms with E-state index in [0.717, 1.165) is 6.42 Å². The van der Waals surface area contributed by atoms with Crippen LogP contribution in [0.15, 0.2) is 6.07 Å². The van der Waals surface area contributed by atoms with Crippen molar-refractivity contribution in [2.24, 2.45) is 0 Å². The van der Waals surface area contributed by atoms with Gasteiger partial charge in [0.2, 0.25) is 5.95 Å². The van der Waals surface area contributed by atoms with Crippen LogP contribution in [0, 0.1) is 6.92 Å². The zero-order valence-corrected chi connectivity index (χ0v) is 9.11. The number of hydrogen-bond acceptors (Lipinski definition) is 4. The standard InChI is InChI=1S/C10H15N3O2/c1-4-6(2)11-10-12-7(3)5-8(13-10)9(14)15/h5-6H,4H2,1-3H3,(H,14,15)(H,11,12,13). The number of aryl methyl sites for hydroxylation is 1. The summed E-state index contributed by atoms with van der Waals surface area (Å²) in [4.78, 5) is 18.8. The van der Waals surface area contributed by atoms with Crippen LogP contribution >= 0.6 is 0 Å². The fourth-order valence-electron chi connectivity index (χ4n) is 1.07. The zero-order chi connectivity index (χ0) is 11.4. The molecule has 0 aliphatic carbocycles. The van der Waals surface area contributed by atoms with E-state index in [1.54, 1.807) is 6.92 Å². The topological polar surface area (TPSA) is 75.1 Å². The summed E-state index contributed by atoms with van der Waals surface area (Å²) >= 11 is 0.